The van der Waals surface area contributed by atoms with Crippen LogP contribution in [0.1, 0.15) is 80.8 Å². The van der Waals surface area contributed by atoms with Crippen LogP contribution in [0, 0.1) is 6.92 Å². The predicted molar refractivity (Wildman–Crippen MR) is 89.1 cm³/mol. The van der Waals surface area contributed by atoms with E-state index in [1.54, 1.807) is 0 Å². The molecular formula is C19H29NO2. The molecule has 1 aliphatic rings. The summed E-state index contributed by atoms with van der Waals surface area (Å²) in [6.07, 6.45) is 8.28. The lowest BCUT2D eigenvalue weighted by Gasteiger charge is -2.24. The van der Waals surface area contributed by atoms with Gasteiger partial charge >= 0.3 is 5.97 Å². The van der Waals surface area contributed by atoms with Crippen LogP contribution in [0.4, 0.5) is 0 Å². The van der Waals surface area contributed by atoms with Crippen LogP contribution < -0.4 is 0 Å². The van der Waals surface area contributed by atoms with Crippen molar-refractivity contribution in [2.24, 2.45) is 0 Å². The lowest BCUT2D eigenvalue weighted by Crippen LogP contribution is -2.23. The largest absolute Gasteiger partial charge is 0.465 e. The first kappa shape index (κ1) is 17.0. The molecular weight excluding hydrogens is 274 g/mol. The number of ether oxygens (including phenoxy) is 1. The summed E-state index contributed by atoms with van der Waals surface area (Å²) in [5, 5.41) is 0. The van der Waals surface area contributed by atoms with Crippen LogP contribution in [0.15, 0.2) is 6.07 Å². The van der Waals surface area contributed by atoms with E-state index in [0.717, 1.165) is 56.3 Å². The molecule has 0 N–H and O–H groups in total. The summed E-state index contributed by atoms with van der Waals surface area (Å²) in [6, 6.07) is 2.25. The number of hydrogen-bond acceptors (Lipinski definition) is 3. The van der Waals surface area contributed by atoms with Crippen molar-refractivity contribution in [2.75, 3.05) is 6.61 Å². The number of aryl methyl sites for hydroxylation is 3. The zero-order valence-electron chi connectivity index (χ0n) is 14.3. The third-order valence-corrected chi connectivity index (χ3v) is 4.49. The summed E-state index contributed by atoms with van der Waals surface area (Å²) in [7, 11) is 0. The van der Waals surface area contributed by atoms with Gasteiger partial charge < -0.3 is 4.74 Å². The minimum Gasteiger partial charge on any atom is -0.465 e. The molecule has 1 aromatic rings. The Bertz CT molecular complexity index is 510. The summed E-state index contributed by atoms with van der Waals surface area (Å²) in [5.74, 6) is -0.228. The minimum absolute atomic E-state index is 0.0767. The fourth-order valence-electron chi connectivity index (χ4n) is 3.10. The second kappa shape index (κ2) is 8.30. The first-order chi connectivity index (χ1) is 10.7. The normalized spacial score (nSPS) is 17.1. The standard InChI is InChI=1S/C19H29NO2/c1-4-6-11-17-14(3)13-15-9-8-10-16(18(15)20-17)19(21)22-12-7-5-2/h13,16H,4-12H2,1-3H3. The Hall–Kier alpha value is -1.38. The minimum atomic E-state index is -0.151. The predicted octanol–water partition coefficient (Wildman–Crippen LogP) is 4.50. The maximum Gasteiger partial charge on any atom is 0.315 e. The molecule has 0 aliphatic heterocycles. The Kier molecular flexibility index (Phi) is 6.41. The number of unbranched alkanes of at least 4 members (excludes halogenated alkanes) is 2. The number of pyridine rings is 1. The third kappa shape index (κ3) is 4.08. The topological polar surface area (TPSA) is 39.2 Å². The van der Waals surface area contributed by atoms with E-state index in [1.165, 1.54) is 17.5 Å². The van der Waals surface area contributed by atoms with Gasteiger partial charge in [-0.2, -0.15) is 0 Å². The Balaban J connectivity index is 2.18. The van der Waals surface area contributed by atoms with Gasteiger partial charge in [-0.25, -0.2) is 0 Å². The molecule has 0 aromatic carbocycles. The number of aromatic nitrogens is 1. The quantitative estimate of drug-likeness (QED) is 0.550. The fraction of sp³-hybridized carbons (Fsp3) is 0.684. The van der Waals surface area contributed by atoms with Crippen molar-refractivity contribution in [3.63, 3.8) is 0 Å². The van der Waals surface area contributed by atoms with E-state index < -0.39 is 0 Å². The number of nitrogens with zero attached hydrogens (tertiary/aromatic N) is 1. The van der Waals surface area contributed by atoms with Crippen molar-refractivity contribution >= 4 is 5.97 Å². The molecule has 1 heterocycles. The van der Waals surface area contributed by atoms with E-state index in [4.69, 9.17) is 9.72 Å². The SMILES string of the molecule is CCCCOC(=O)C1CCCc2cc(C)c(CCCC)nc21. The van der Waals surface area contributed by atoms with Gasteiger partial charge in [0.05, 0.1) is 18.2 Å². The Morgan fingerprint density at radius 3 is 2.82 bits per heavy atom. The fourth-order valence-corrected chi connectivity index (χ4v) is 3.10. The van der Waals surface area contributed by atoms with Crippen molar-refractivity contribution in [1.29, 1.82) is 0 Å². The monoisotopic (exact) mass is 303 g/mol. The Morgan fingerprint density at radius 1 is 1.32 bits per heavy atom. The first-order valence-electron chi connectivity index (χ1n) is 8.83. The summed E-state index contributed by atoms with van der Waals surface area (Å²) in [4.78, 5) is 17.3. The van der Waals surface area contributed by atoms with Gasteiger partial charge in [-0.3, -0.25) is 9.78 Å². The molecule has 0 amide bonds. The van der Waals surface area contributed by atoms with Gasteiger partial charge in [-0.15, -0.1) is 0 Å². The van der Waals surface area contributed by atoms with Crippen LogP contribution in [-0.4, -0.2) is 17.6 Å². The highest BCUT2D eigenvalue weighted by molar-refractivity contribution is 5.78. The summed E-state index contributed by atoms with van der Waals surface area (Å²) >= 11 is 0. The average Bonchev–Trinajstić information content (AvgIpc) is 2.52. The number of carbonyl (C=O) groups is 1. The first-order valence-corrected chi connectivity index (χ1v) is 8.83. The molecule has 0 saturated heterocycles. The highest BCUT2D eigenvalue weighted by atomic mass is 16.5. The van der Waals surface area contributed by atoms with Crippen LogP contribution in [0.3, 0.4) is 0 Å². The maximum absolute atomic E-state index is 12.4. The van der Waals surface area contributed by atoms with Gasteiger partial charge in [0, 0.05) is 5.69 Å². The van der Waals surface area contributed by atoms with Crippen LogP contribution >= 0.6 is 0 Å². The Morgan fingerprint density at radius 2 is 2.09 bits per heavy atom. The lowest BCUT2D eigenvalue weighted by atomic mass is 9.85. The molecule has 0 radical (unpaired) electrons. The zero-order chi connectivity index (χ0) is 15.9. The molecule has 1 aliphatic carbocycles. The van der Waals surface area contributed by atoms with E-state index in [1.807, 2.05) is 0 Å². The highest BCUT2D eigenvalue weighted by Gasteiger charge is 2.29. The molecule has 2 rings (SSSR count). The third-order valence-electron chi connectivity index (χ3n) is 4.49. The maximum atomic E-state index is 12.4. The molecule has 1 aromatic heterocycles. The van der Waals surface area contributed by atoms with E-state index in [-0.39, 0.29) is 11.9 Å². The highest BCUT2D eigenvalue weighted by Crippen LogP contribution is 2.32. The molecule has 122 valence electrons. The molecule has 3 nitrogen and oxygen atoms in total. The molecule has 0 saturated carbocycles. The zero-order valence-corrected chi connectivity index (χ0v) is 14.3. The lowest BCUT2D eigenvalue weighted by molar-refractivity contribution is -0.146. The summed E-state index contributed by atoms with van der Waals surface area (Å²) in [6.45, 7) is 6.98. The molecule has 1 atom stereocenters. The molecule has 22 heavy (non-hydrogen) atoms. The van der Waals surface area contributed by atoms with Gasteiger partial charge in [-0.1, -0.05) is 32.8 Å². The van der Waals surface area contributed by atoms with Crippen molar-refractivity contribution in [1.82, 2.24) is 4.98 Å². The van der Waals surface area contributed by atoms with E-state index >= 15 is 0 Å². The van der Waals surface area contributed by atoms with Crippen molar-refractivity contribution in [3.8, 4) is 0 Å². The Labute approximate surface area is 134 Å². The molecule has 0 bridgehead atoms. The second-order valence-electron chi connectivity index (χ2n) is 6.37. The second-order valence-corrected chi connectivity index (χ2v) is 6.37. The number of fused-ring (bicyclic) bond motifs is 1. The summed E-state index contributed by atoms with van der Waals surface area (Å²) in [5.41, 5.74) is 4.67. The smallest absolute Gasteiger partial charge is 0.315 e. The van der Waals surface area contributed by atoms with Gasteiger partial charge in [0.2, 0.25) is 0 Å². The van der Waals surface area contributed by atoms with Crippen molar-refractivity contribution in [3.05, 3.63) is 28.6 Å². The molecule has 0 spiro atoms. The van der Waals surface area contributed by atoms with Gasteiger partial charge in [0.1, 0.15) is 0 Å². The van der Waals surface area contributed by atoms with Gasteiger partial charge in [-0.05, 0) is 56.6 Å². The summed E-state index contributed by atoms with van der Waals surface area (Å²) < 4.78 is 5.45. The van der Waals surface area contributed by atoms with Gasteiger partial charge in [0.15, 0.2) is 0 Å². The number of hydrogen-bond donors (Lipinski definition) is 0. The van der Waals surface area contributed by atoms with E-state index in [9.17, 15) is 4.79 Å². The van der Waals surface area contributed by atoms with Crippen LogP contribution in [0.5, 0.6) is 0 Å². The van der Waals surface area contributed by atoms with Crippen molar-refractivity contribution < 1.29 is 9.53 Å². The van der Waals surface area contributed by atoms with Crippen molar-refractivity contribution in [2.45, 2.75) is 78.1 Å². The molecule has 3 heteroatoms. The van der Waals surface area contributed by atoms with Crippen LogP contribution in [0.2, 0.25) is 0 Å². The number of esters is 1. The number of rotatable bonds is 7. The van der Waals surface area contributed by atoms with Crippen LogP contribution in [-0.2, 0) is 22.4 Å². The van der Waals surface area contributed by atoms with Gasteiger partial charge in [0.25, 0.3) is 0 Å². The van der Waals surface area contributed by atoms with E-state index in [2.05, 4.69) is 26.8 Å². The van der Waals surface area contributed by atoms with E-state index in [0.29, 0.717) is 6.61 Å². The molecule has 1 unspecified atom stereocenters. The number of carbonyl (C=O) groups excluding carboxylic acids is 1. The van der Waals surface area contributed by atoms with Crippen LogP contribution in [0.25, 0.3) is 0 Å². The average molecular weight is 303 g/mol. The molecule has 0 fully saturated rings.